The molecule has 1 aromatic heterocycles. The van der Waals surface area contributed by atoms with Crippen LogP contribution in [0.3, 0.4) is 0 Å². The number of nitrogens with one attached hydrogen (secondary N) is 1. The predicted octanol–water partition coefficient (Wildman–Crippen LogP) is 3.10. The lowest BCUT2D eigenvalue weighted by Crippen LogP contribution is -2.32. The van der Waals surface area contributed by atoms with Gasteiger partial charge in [-0.3, -0.25) is 4.98 Å². The maximum atomic E-state index is 5.74. The van der Waals surface area contributed by atoms with Crippen molar-refractivity contribution >= 4 is 22.9 Å². The summed E-state index contributed by atoms with van der Waals surface area (Å²) < 4.78 is 0. The van der Waals surface area contributed by atoms with E-state index in [2.05, 4.69) is 24.1 Å². The van der Waals surface area contributed by atoms with Gasteiger partial charge in [0, 0.05) is 17.8 Å². The highest BCUT2D eigenvalue weighted by molar-refractivity contribution is 7.80. The van der Waals surface area contributed by atoms with Crippen LogP contribution >= 0.6 is 12.2 Å². The van der Waals surface area contributed by atoms with Gasteiger partial charge < -0.3 is 11.1 Å². The summed E-state index contributed by atoms with van der Waals surface area (Å²) in [5.74, 6) is 0. The molecule has 1 atom stereocenters. The lowest BCUT2D eigenvalue weighted by Gasteiger charge is -2.36. The van der Waals surface area contributed by atoms with Crippen molar-refractivity contribution in [3.05, 3.63) is 24.0 Å². The number of hydrogen-bond donors (Lipinski definition) is 2. The molecule has 18 heavy (non-hydrogen) atoms. The standard InChI is InChI=1S/C14H21N3S/c1-14(2)6-3-4-10(8-14)17-12-9-16-7-5-11(12)13(15)18/h5,7,9-10,17H,3-4,6,8H2,1-2H3,(H2,15,18). The molecule has 1 saturated carbocycles. The minimum Gasteiger partial charge on any atom is -0.389 e. The third-order valence-corrected chi connectivity index (χ3v) is 3.87. The molecule has 4 heteroatoms. The number of nitrogens with two attached hydrogens (primary N) is 1. The Hall–Kier alpha value is -1.16. The monoisotopic (exact) mass is 263 g/mol. The summed E-state index contributed by atoms with van der Waals surface area (Å²) in [6, 6.07) is 2.37. The minimum absolute atomic E-state index is 0.418. The van der Waals surface area contributed by atoms with E-state index in [9.17, 15) is 0 Å². The first kappa shape index (κ1) is 13.3. The summed E-state index contributed by atoms with van der Waals surface area (Å²) >= 11 is 5.07. The lowest BCUT2D eigenvalue weighted by molar-refractivity contribution is 0.229. The summed E-state index contributed by atoms with van der Waals surface area (Å²) in [7, 11) is 0. The van der Waals surface area contributed by atoms with Gasteiger partial charge in [-0.1, -0.05) is 32.5 Å². The number of pyridine rings is 1. The van der Waals surface area contributed by atoms with E-state index < -0.39 is 0 Å². The van der Waals surface area contributed by atoms with Gasteiger partial charge in [0.15, 0.2) is 0 Å². The Labute approximate surface area is 114 Å². The molecule has 1 aliphatic rings. The molecule has 3 N–H and O–H groups in total. The second-order valence-electron chi connectivity index (χ2n) is 5.89. The van der Waals surface area contributed by atoms with E-state index in [1.165, 1.54) is 25.7 Å². The van der Waals surface area contributed by atoms with Gasteiger partial charge in [0.25, 0.3) is 0 Å². The molecule has 1 aromatic rings. The van der Waals surface area contributed by atoms with Crippen molar-refractivity contribution in [2.45, 2.75) is 45.6 Å². The Balaban J connectivity index is 2.12. The predicted molar refractivity (Wildman–Crippen MR) is 79.8 cm³/mol. The molecule has 1 unspecified atom stereocenters. The maximum absolute atomic E-state index is 5.74. The Bertz CT molecular complexity index is 442. The first-order valence-electron chi connectivity index (χ1n) is 6.48. The minimum atomic E-state index is 0.418. The molecule has 0 bridgehead atoms. The maximum Gasteiger partial charge on any atom is 0.106 e. The zero-order chi connectivity index (χ0) is 13.2. The highest BCUT2D eigenvalue weighted by Crippen LogP contribution is 2.36. The fourth-order valence-corrected chi connectivity index (χ4v) is 2.94. The molecular weight excluding hydrogens is 242 g/mol. The van der Waals surface area contributed by atoms with Crippen LogP contribution in [0.4, 0.5) is 5.69 Å². The normalized spacial score (nSPS) is 22.4. The van der Waals surface area contributed by atoms with Crippen molar-refractivity contribution in [1.29, 1.82) is 0 Å². The number of anilines is 1. The van der Waals surface area contributed by atoms with Crippen molar-refractivity contribution in [3.63, 3.8) is 0 Å². The van der Waals surface area contributed by atoms with E-state index in [-0.39, 0.29) is 0 Å². The number of thiocarbonyl (C=S) groups is 1. The number of rotatable bonds is 3. The van der Waals surface area contributed by atoms with Crippen molar-refractivity contribution in [1.82, 2.24) is 4.98 Å². The van der Waals surface area contributed by atoms with E-state index in [0.717, 1.165) is 11.3 Å². The van der Waals surface area contributed by atoms with Crippen molar-refractivity contribution in [3.8, 4) is 0 Å². The van der Waals surface area contributed by atoms with Crippen LogP contribution in [-0.2, 0) is 0 Å². The first-order valence-corrected chi connectivity index (χ1v) is 6.89. The Morgan fingerprint density at radius 2 is 2.33 bits per heavy atom. The number of hydrogen-bond acceptors (Lipinski definition) is 3. The van der Waals surface area contributed by atoms with E-state index >= 15 is 0 Å². The van der Waals surface area contributed by atoms with E-state index in [1.807, 2.05) is 12.3 Å². The summed E-state index contributed by atoms with van der Waals surface area (Å²) in [6.45, 7) is 4.66. The third kappa shape index (κ3) is 3.19. The molecule has 0 aromatic carbocycles. The molecule has 0 spiro atoms. The summed E-state index contributed by atoms with van der Waals surface area (Å²) in [4.78, 5) is 4.58. The van der Waals surface area contributed by atoms with Gasteiger partial charge in [0.1, 0.15) is 4.99 Å². The van der Waals surface area contributed by atoms with E-state index in [4.69, 9.17) is 18.0 Å². The molecule has 98 valence electrons. The zero-order valence-corrected chi connectivity index (χ0v) is 11.9. The van der Waals surface area contributed by atoms with Crippen LogP contribution in [0.1, 0.15) is 45.1 Å². The fourth-order valence-electron chi connectivity index (χ4n) is 2.77. The quantitative estimate of drug-likeness (QED) is 0.823. The molecule has 1 heterocycles. The number of nitrogens with zero attached hydrogens (tertiary/aromatic N) is 1. The summed E-state index contributed by atoms with van der Waals surface area (Å²) in [6.07, 6.45) is 8.50. The van der Waals surface area contributed by atoms with Crippen LogP contribution in [0.25, 0.3) is 0 Å². The number of aromatic nitrogens is 1. The third-order valence-electron chi connectivity index (χ3n) is 3.65. The molecule has 0 radical (unpaired) electrons. The van der Waals surface area contributed by atoms with Gasteiger partial charge in [-0.25, -0.2) is 0 Å². The van der Waals surface area contributed by atoms with E-state index in [1.54, 1.807) is 6.20 Å². The van der Waals surface area contributed by atoms with Crippen molar-refractivity contribution in [2.24, 2.45) is 11.1 Å². The Kier molecular flexibility index (Phi) is 3.85. The molecule has 2 rings (SSSR count). The van der Waals surface area contributed by atoms with Gasteiger partial charge >= 0.3 is 0 Å². The van der Waals surface area contributed by atoms with Crippen molar-refractivity contribution in [2.75, 3.05) is 5.32 Å². The Morgan fingerprint density at radius 3 is 3.00 bits per heavy atom. The first-order chi connectivity index (χ1) is 8.48. The summed E-state index contributed by atoms with van der Waals surface area (Å²) in [5, 5.41) is 3.56. The SMILES string of the molecule is CC1(C)CCCC(Nc2cnccc2C(N)=S)C1. The molecule has 1 fully saturated rings. The summed E-state index contributed by atoms with van der Waals surface area (Å²) in [5.41, 5.74) is 8.01. The second kappa shape index (κ2) is 5.22. The van der Waals surface area contributed by atoms with Crippen molar-refractivity contribution < 1.29 is 0 Å². The average Bonchev–Trinajstić information content (AvgIpc) is 2.28. The molecule has 0 saturated heterocycles. The van der Waals surface area contributed by atoms with Gasteiger partial charge in [-0.15, -0.1) is 0 Å². The van der Waals surface area contributed by atoms with Crippen LogP contribution in [-0.4, -0.2) is 16.0 Å². The highest BCUT2D eigenvalue weighted by Gasteiger charge is 2.28. The second-order valence-corrected chi connectivity index (χ2v) is 6.33. The average molecular weight is 263 g/mol. The topological polar surface area (TPSA) is 50.9 Å². The van der Waals surface area contributed by atoms with Crippen LogP contribution in [0, 0.1) is 5.41 Å². The molecule has 3 nitrogen and oxygen atoms in total. The largest absolute Gasteiger partial charge is 0.389 e. The van der Waals surface area contributed by atoms with Gasteiger partial charge in [0.2, 0.25) is 0 Å². The van der Waals surface area contributed by atoms with Crippen LogP contribution < -0.4 is 11.1 Å². The van der Waals surface area contributed by atoms with Gasteiger partial charge in [-0.2, -0.15) is 0 Å². The molecule has 0 amide bonds. The highest BCUT2D eigenvalue weighted by atomic mass is 32.1. The van der Waals surface area contributed by atoms with Crippen LogP contribution in [0.2, 0.25) is 0 Å². The van der Waals surface area contributed by atoms with E-state index in [0.29, 0.717) is 16.4 Å². The zero-order valence-electron chi connectivity index (χ0n) is 11.1. The van der Waals surface area contributed by atoms with Crippen LogP contribution in [0.15, 0.2) is 18.5 Å². The molecular formula is C14H21N3S. The lowest BCUT2D eigenvalue weighted by atomic mass is 9.75. The fraction of sp³-hybridized carbons (Fsp3) is 0.571. The molecule has 1 aliphatic carbocycles. The van der Waals surface area contributed by atoms with Gasteiger partial charge in [0.05, 0.1) is 11.9 Å². The smallest absolute Gasteiger partial charge is 0.106 e. The van der Waals surface area contributed by atoms with Gasteiger partial charge in [-0.05, 0) is 30.7 Å². The van der Waals surface area contributed by atoms with Crippen LogP contribution in [0.5, 0.6) is 0 Å². The molecule has 0 aliphatic heterocycles. The Morgan fingerprint density at radius 1 is 1.56 bits per heavy atom.